The highest BCUT2D eigenvalue weighted by molar-refractivity contribution is 7.09. The molecule has 20 heavy (non-hydrogen) atoms. The molecule has 1 N–H and O–H groups in total. The lowest BCUT2D eigenvalue weighted by Gasteiger charge is -2.17. The molecule has 1 atom stereocenters. The van der Waals surface area contributed by atoms with Crippen LogP contribution in [-0.2, 0) is 4.74 Å². The van der Waals surface area contributed by atoms with Crippen LogP contribution in [0.4, 0.5) is 8.78 Å². The summed E-state index contributed by atoms with van der Waals surface area (Å²) in [7, 11) is 1.59. The minimum absolute atomic E-state index is 0.260. The van der Waals surface area contributed by atoms with Crippen molar-refractivity contribution in [1.82, 2.24) is 10.3 Å². The number of methoxy groups -OCH3 is 1. The Morgan fingerprint density at radius 3 is 2.85 bits per heavy atom. The largest absolute Gasteiger partial charge is 0.383 e. The summed E-state index contributed by atoms with van der Waals surface area (Å²) in [5.74, 6) is -1.69. The van der Waals surface area contributed by atoms with Crippen LogP contribution >= 0.6 is 11.3 Å². The van der Waals surface area contributed by atoms with Crippen molar-refractivity contribution in [2.24, 2.45) is 0 Å². The summed E-state index contributed by atoms with van der Waals surface area (Å²) in [5.41, 5.74) is 1.12. The zero-order valence-corrected chi connectivity index (χ0v) is 12.1. The van der Waals surface area contributed by atoms with E-state index in [1.165, 1.54) is 17.4 Å². The lowest BCUT2D eigenvalue weighted by atomic mass is 10.1. The highest BCUT2D eigenvalue weighted by Gasteiger charge is 2.22. The molecule has 108 valence electrons. The Kier molecular flexibility index (Phi) is 5.17. The molecule has 0 saturated carbocycles. The van der Waals surface area contributed by atoms with Gasteiger partial charge < -0.3 is 10.1 Å². The SMILES string of the molecule is COCCNC(c1nc(C)cs1)c1cccc(F)c1F. The molecule has 6 heteroatoms. The van der Waals surface area contributed by atoms with Gasteiger partial charge in [-0.1, -0.05) is 12.1 Å². The van der Waals surface area contributed by atoms with Gasteiger partial charge in [-0.25, -0.2) is 13.8 Å². The molecule has 0 bridgehead atoms. The van der Waals surface area contributed by atoms with Gasteiger partial charge in [-0.05, 0) is 13.0 Å². The van der Waals surface area contributed by atoms with Crippen LogP contribution in [0.15, 0.2) is 23.6 Å². The Hall–Kier alpha value is -1.37. The molecule has 0 radical (unpaired) electrons. The number of hydrogen-bond donors (Lipinski definition) is 1. The van der Waals surface area contributed by atoms with Crippen LogP contribution < -0.4 is 5.32 Å². The van der Waals surface area contributed by atoms with Crippen molar-refractivity contribution in [3.8, 4) is 0 Å². The van der Waals surface area contributed by atoms with Crippen LogP contribution in [0, 0.1) is 18.6 Å². The first kappa shape index (κ1) is 15.0. The maximum atomic E-state index is 14.0. The van der Waals surface area contributed by atoms with Crippen LogP contribution in [0.1, 0.15) is 22.3 Å². The monoisotopic (exact) mass is 298 g/mol. The number of halogens is 2. The third kappa shape index (κ3) is 3.39. The fourth-order valence-corrected chi connectivity index (χ4v) is 2.77. The number of ether oxygens (including phenoxy) is 1. The molecule has 0 spiro atoms. The van der Waals surface area contributed by atoms with Gasteiger partial charge in [-0.2, -0.15) is 0 Å². The minimum atomic E-state index is -0.852. The molecule has 1 aromatic carbocycles. The molecule has 3 nitrogen and oxygen atoms in total. The standard InChI is InChI=1S/C14H16F2N2OS/c1-9-8-20-14(18-9)13(17-6-7-19-2)10-4-3-5-11(15)12(10)16/h3-5,8,13,17H,6-7H2,1-2H3. The average Bonchev–Trinajstić information content (AvgIpc) is 2.85. The molecule has 1 heterocycles. The van der Waals surface area contributed by atoms with E-state index in [9.17, 15) is 8.78 Å². The summed E-state index contributed by atoms with van der Waals surface area (Å²) in [5, 5.41) is 5.75. The summed E-state index contributed by atoms with van der Waals surface area (Å²) >= 11 is 1.42. The fraction of sp³-hybridized carbons (Fsp3) is 0.357. The molecular weight excluding hydrogens is 282 g/mol. The number of aryl methyl sites for hydroxylation is 1. The first-order valence-electron chi connectivity index (χ1n) is 6.21. The first-order valence-corrected chi connectivity index (χ1v) is 7.09. The summed E-state index contributed by atoms with van der Waals surface area (Å²) in [6.45, 7) is 2.88. The summed E-state index contributed by atoms with van der Waals surface area (Å²) in [6.07, 6.45) is 0. The van der Waals surface area contributed by atoms with E-state index >= 15 is 0 Å². The summed E-state index contributed by atoms with van der Waals surface area (Å²) in [6, 6.07) is 3.70. The third-order valence-corrected chi connectivity index (χ3v) is 3.86. The smallest absolute Gasteiger partial charge is 0.164 e. The van der Waals surface area contributed by atoms with Gasteiger partial charge in [0.2, 0.25) is 0 Å². The molecule has 0 aliphatic heterocycles. The molecule has 1 aromatic heterocycles. The van der Waals surface area contributed by atoms with Crippen molar-refractivity contribution >= 4 is 11.3 Å². The maximum Gasteiger partial charge on any atom is 0.164 e. The summed E-state index contributed by atoms with van der Waals surface area (Å²) in [4.78, 5) is 4.36. The van der Waals surface area contributed by atoms with Crippen molar-refractivity contribution < 1.29 is 13.5 Å². The molecule has 1 unspecified atom stereocenters. The predicted molar refractivity (Wildman–Crippen MR) is 74.9 cm³/mol. The highest BCUT2D eigenvalue weighted by Crippen LogP contribution is 2.27. The summed E-state index contributed by atoms with van der Waals surface area (Å²) < 4.78 is 32.4. The molecule has 0 saturated heterocycles. The number of aromatic nitrogens is 1. The van der Waals surface area contributed by atoms with E-state index < -0.39 is 17.7 Å². The number of benzene rings is 1. The van der Waals surface area contributed by atoms with Crippen molar-refractivity contribution in [1.29, 1.82) is 0 Å². The topological polar surface area (TPSA) is 34.1 Å². The second kappa shape index (κ2) is 6.88. The first-order chi connectivity index (χ1) is 9.63. The fourth-order valence-electron chi connectivity index (χ4n) is 1.88. The lowest BCUT2D eigenvalue weighted by molar-refractivity contribution is 0.197. The van der Waals surface area contributed by atoms with Gasteiger partial charge in [0.25, 0.3) is 0 Å². The molecule has 0 amide bonds. The molecule has 2 rings (SSSR count). The van der Waals surface area contributed by atoms with E-state index in [1.807, 2.05) is 12.3 Å². The van der Waals surface area contributed by atoms with Crippen molar-refractivity contribution in [2.45, 2.75) is 13.0 Å². The van der Waals surface area contributed by atoms with Crippen molar-refractivity contribution in [2.75, 3.05) is 20.3 Å². The Morgan fingerprint density at radius 1 is 1.40 bits per heavy atom. The van der Waals surface area contributed by atoms with Gasteiger partial charge in [0.05, 0.1) is 12.6 Å². The van der Waals surface area contributed by atoms with E-state index in [2.05, 4.69) is 10.3 Å². The second-order valence-electron chi connectivity index (χ2n) is 4.35. The van der Waals surface area contributed by atoms with Crippen LogP contribution in [0.25, 0.3) is 0 Å². The van der Waals surface area contributed by atoms with E-state index in [1.54, 1.807) is 13.2 Å². The van der Waals surface area contributed by atoms with E-state index in [-0.39, 0.29) is 5.56 Å². The van der Waals surface area contributed by atoms with Crippen LogP contribution in [0.3, 0.4) is 0 Å². The second-order valence-corrected chi connectivity index (χ2v) is 5.24. The zero-order chi connectivity index (χ0) is 14.5. The van der Waals surface area contributed by atoms with Gasteiger partial charge >= 0.3 is 0 Å². The number of hydrogen-bond acceptors (Lipinski definition) is 4. The molecular formula is C14H16F2N2OS. The number of thiazole rings is 1. The van der Waals surface area contributed by atoms with Crippen molar-refractivity contribution in [3.05, 3.63) is 51.5 Å². The quantitative estimate of drug-likeness (QED) is 0.832. The average molecular weight is 298 g/mol. The highest BCUT2D eigenvalue weighted by atomic mass is 32.1. The normalized spacial score (nSPS) is 12.6. The van der Waals surface area contributed by atoms with Gasteiger partial charge in [0.1, 0.15) is 5.01 Å². The predicted octanol–water partition coefficient (Wildman–Crippen LogP) is 3.06. The van der Waals surface area contributed by atoms with E-state index in [0.717, 1.165) is 11.8 Å². The van der Waals surface area contributed by atoms with Gasteiger partial charge in [-0.15, -0.1) is 11.3 Å². The third-order valence-electron chi connectivity index (χ3n) is 2.83. The van der Waals surface area contributed by atoms with Gasteiger partial charge in [0.15, 0.2) is 11.6 Å². The number of nitrogens with one attached hydrogen (secondary N) is 1. The molecule has 2 aromatic rings. The van der Waals surface area contributed by atoms with Crippen LogP contribution in [0.2, 0.25) is 0 Å². The van der Waals surface area contributed by atoms with E-state index in [4.69, 9.17) is 4.74 Å². The zero-order valence-electron chi connectivity index (χ0n) is 11.3. The Balaban J connectivity index is 2.32. The molecule has 0 fully saturated rings. The molecule has 0 aliphatic rings. The minimum Gasteiger partial charge on any atom is -0.383 e. The maximum absolute atomic E-state index is 14.0. The number of rotatable bonds is 6. The van der Waals surface area contributed by atoms with Crippen LogP contribution in [0.5, 0.6) is 0 Å². The Bertz CT molecular complexity index is 574. The Morgan fingerprint density at radius 2 is 2.20 bits per heavy atom. The lowest BCUT2D eigenvalue weighted by Crippen LogP contribution is -2.27. The van der Waals surface area contributed by atoms with Gasteiger partial charge in [-0.3, -0.25) is 0 Å². The number of nitrogens with zero attached hydrogens (tertiary/aromatic N) is 1. The van der Waals surface area contributed by atoms with E-state index in [0.29, 0.717) is 18.2 Å². The Labute approximate surface area is 120 Å². The van der Waals surface area contributed by atoms with Crippen molar-refractivity contribution in [3.63, 3.8) is 0 Å². The molecule has 0 aliphatic carbocycles. The van der Waals surface area contributed by atoms with Crippen LogP contribution in [-0.4, -0.2) is 25.2 Å². The van der Waals surface area contributed by atoms with Gasteiger partial charge in [0, 0.05) is 30.3 Å².